The molecule has 1 atom stereocenters. The van der Waals surface area contributed by atoms with E-state index in [0.29, 0.717) is 10.6 Å². The fourth-order valence-corrected chi connectivity index (χ4v) is 2.03. The summed E-state index contributed by atoms with van der Waals surface area (Å²) in [5.41, 5.74) is 0.408. The number of halogens is 2. The number of hydrogen-bond donors (Lipinski definition) is 0. The minimum Gasteiger partial charge on any atom is -0.337 e. The molecule has 1 heterocycles. The lowest BCUT2D eigenvalue weighted by Crippen LogP contribution is -2.21. The summed E-state index contributed by atoms with van der Waals surface area (Å²) in [6.07, 6.45) is 0. The Morgan fingerprint density at radius 3 is 2.50 bits per heavy atom. The molecule has 0 bridgehead atoms. The van der Waals surface area contributed by atoms with E-state index in [-0.39, 0.29) is 5.02 Å². The second-order valence-electron chi connectivity index (χ2n) is 3.34. The molecule has 1 aliphatic rings. The first-order valence-electron chi connectivity index (χ1n) is 4.45. The first-order valence-corrected chi connectivity index (χ1v) is 5.20. The number of hydrogen-bond acceptors (Lipinski definition) is 3. The van der Waals surface area contributed by atoms with E-state index < -0.39 is 17.8 Å². The summed E-state index contributed by atoms with van der Waals surface area (Å²) in [4.78, 5) is 27.8. The molecule has 1 aliphatic heterocycles. The highest BCUT2D eigenvalue weighted by molar-refractivity contribution is 6.35. The van der Waals surface area contributed by atoms with E-state index in [1.165, 1.54) is 13.1 Å². The summed E-state index contributed by atoms with van der Waals surface area (Å²) in [6, 6.07) is 4.60. The van der Waals surface area contributed by atoms with Crippen molar-refractivity contribution in [1.29, 1.82) is 0 Å². The van der Waals surface area contributed by atoms with Gasteiger partial charge in [0.15, 0.2) is 5.92 Å². The van der Waals surface area contributed by atoms with Crippen LogP contribution >= 0.6 is 23.2 Å². The van der Waals surface area contributed by atoms with Gasteiger partial charge in [0.2, 0.25) is 0 Å². The van der Waals surface area contributed by atoms with Gasteiger partial charge in [-0.15, -0.1) is 0 Å². The van der Waals surface area contributed by atoms with Gasteiger partial charge in [0, 0.05) is 17.1 Å². The zero-order valence-electron chi connectivity index (χ0n) is 8.24. The number of likely N-dealkylation sites (N-methyl/N-ethyl adjacent to an activating group) is 1. The van der Waals surface area contributed by atoms with Gasteiger partial charge < -0.3 is 4.84 Å². The minimum atomic E-state index is -0.991. The van der Waals surface area contributed by atoms with Crippen LogP contribution in [-0.4, -0.2) is 24.0 Å². The molecule has 1 unspecified atom stereocenters. The summed E-state index contributed by atoms with van der Waals surface area (Å²) in [5.74, 6) is -2.05. The van der Waals surface area contributed by atoms with Crippen LogP contribution in [0.15, 0.2) is 18.2 Å². The Morgan fingerprint density at radius 2 is 2.00 bits per heavy atom. The van der Waals surface area contributed by atoms with Crippen molar-refractivity contribution < 1.29 is 14.4 Å². The average molecular weight is 260 g/mol. The van der Waals surface area contributed by atoms with Gasteiger partial charge in [0.1, 0.15) is 0 Å². The molecule has 16 heavy (non-hydrogen) atoms. The van der Waals surface area contributed by atoms with Gasteiger partial charge in [-0.25, -0.2) is 4.79 Å². The van der Waals surface area contributed by atoms with Gasteiger partial charge in [0.25, 0.3) is 5.91 Å². The molecule has 0 N–H and O–H groups in total. The van der Waals surface area contributed by atoms with Crippen LogP contribution in [0.4, 0.5) is 0 Å². The molecule has 84 valence electrons. The predicted octanol–water partition coefficient (Wildman–Crippen LogP) is 2.01. The summed E-state index contributed by atoms with van der Waals surface area (Å²) in [5, 5.41) is 1.62. The van der Waals surface area contributed by atoms with Crippen molar-refractivity contribution >= 4 is 35.1 Å². The van der Waals surface area contributed by atoms with Crippen LogP contribution in [0.1, 0.15) is 11.5 Å². The van der Waals surface area contributed by atoms with Crippen molar-refractivity contribution in [2.24, 2.45) is 0 Å². The van der Waals surface area contributed by atoms with Crippen LogP contribution in [-0.2, 0) is 14.4 Å². The van der Waals surface area contributed by atoms with Crippen molar-refractivity contribution in [2.45, 2.75) is 5.92 Å². The summed E-state index contributed by atoms with van der Waals surface area (Å²) < 4.78 is 0. The summed E-state index contributed by atoms with van der Waals surface area (Å²) >= 11 is 11.7. The lowest BCUT2D eigenvalue weighted by Gasteiger charge is -2.07. The Morgan fingerprint density at radius 1 is 1.31 bits per heavy atom. The average Bonchev–Trinajstić information content (AvgIpc) is 2.43. The Kier molecular flexibility index (Phi) is 2.78. The van der Waals surface area contributed by atoms with Crippen molar-refractivity contribution in [1.82, 2.24) is 5.06 Å². The first-order chi connectivity index (χ1) is 7.50. The van der Waals surface area contributed by atoms with Gasteiger partial charge in [0.05, 0.1) is 0 Å². The molecule has 0 aliphatic carbocycles. The molecule has 6 heteroatoms. The third-order valence-electron chi connectivity index (χ3n) is 2.29. The standard InChI is InChI=1S/C10H7Cl2NO3/c1-13-9(14)8(10(15)16-13)6-3-2-5(11)4-7(6)12/h2-4,8H,1H3. The molecular formula is C10H7Cl2NO3. The largest absolute Gasteiger partial charge is 0.349 e. The topological polar surface area (TPSA) is 46.6 Å². The van der Waals surface area contributed by atoms with E-state index in [1.807, 2.05) is 0 Å². The fourth-order valence-electron chi connectivity index (χ4n) is 1.51. The van der Waals surface area contributed by atoms with Gasteiger partial charge in [-0.3, -0.25) is 4.79 Å². The van der Waals surface area contributed by atoms with Crippen LogP contribution in [0.2, 0.25) is 10.0 Å². The maximum atomic E-state index is 11.6. The quantitative estimate of drug-likeness (QED) is 0.725. The molecule has 0 spiro atoms. The van der Waals surface area contributed by atoms with E-state index in [9.17, 15) is 9.59 Å². The Bertz CT molecular complexity index is 475. The number of hydroxylamine groups is 2. The van der Waals surface area contributed by atoms with Gasteiger partial charge in [-0.2, -0.15) is 5.06 Å². The second-order valence-corrected chi connectivity index (χ2v) is 4.19. The molecule has 1 aromatic rings. The maximum absolute atomic E-state index is 11.6. The van der Waals surface area contributed by atoms with Crippen LogP contribution in [0.25, 0.3) is 0 Å². The molecule has 0 radical (unpaired) electrons. The number of rotatable bonds is 1. The van der Waals surface area contributed by atoms with E-state index >= 15 is 0 Å². The van der Waals surface area contributed by atoms with Crippen molar-refractivity contribution in [2.75, 3.05) is 7.05 Å². The van der Waals surface area contributed by atoms with Crippen molar-refractivity contribution in [3.63, 3.8) is 0 Å². The normalized spacial score (nSPS) is 20.2. The minimum absolute atomic E-state index is 0.276. The zero-order valence-corrected chi connectivity index (χ0v) is 9.75. The lowest BCUT2D eigenvalue weighted by atomic mass is 9.99. The number of carbonyl (C=O) groups is 2. The van der Waals surface area contributed by atoms with Crippen molar-refractivity contribution in [3.05, 3.63) is 33.8 Å². The SMILES string of the molecule is CN1OC(=O)C(c2ccc(Cl)cc2Cl)C1=O. The lowest BCUT2D eigenvalue weighted by molar-refractivity contribution is -0.172. The number of benzene rings is 1. The molecule has 1 aromatic carbocycles. The van der Waals surface area contributed by atoms with Crippen LogP contribution in [0, 0.1) is 0 Å². The smallest absolute Gasteiger partial charge is 0.337 e. The maximum Gasteiger partial charge on any atom is 0.349 e. The number of carbonyl (C=O) groups excluding carboxylic acids is 2. The Labute approximate surface area is 102 Å². The highest BCUT2D eigenvalue weighted by atomic mass is 35.5. The molecule has 1 saturated heterocycles. The van der Waals surface area contributed by atoms with Gasteiger partial charge >= 0.3 is 5.97 Å². The molecule has 2 rings (SSSR count). The summed E-state index contributed by atoms with van der Waals surface area (Å²) in [7, 11) is 1.38. The molecule has 4 nitrogen and oxygen atoms in total. The predicted molar refractivity (Wildman–Crippen MR) is 58.1 cm³/mol. The third-order valence-corrected chi connectivity index (χ3v) is 2.86. The van der Waals surface area contributed by atoms with E-state index in [2.05, 4.69) is 4.84 Å². The monoisotopic (exact) mass is 259 g/mol. The van der Waals surface area contributed by atoms with Gasteiger partial charge in [-0.1, -0.05) is 29.3 Å². The third kappa shape index (κ3) is 1.74. The number of nitrogens with zero attached hydrogens (tertiary/aromatic N) is 1. The highest BCUT2D eigenvalue weighted by Crippen LogP contribution is 2.32. The molecule has 1 amide bonds. The van der Waals surface area contributed by atoms with Crippen LogP contribution < -0.4 is 0 Å². The van der Waals surface area contributed by atoms with Crippen molar-refractivity contribution in [3.8, 4) is 0 Å². The number of amides is 1. The second kappa shape index (κ2) is 3.96. The summed E-state index contributed by atoms with van der Waals surface area (Å²) in [6.45, 7) is 0. The Hall–Kier alpha value is -1.26. The molecule has 0 aromatic heterocycles. The Balaban J connectivity index is 2.45. The van der Waals surface area contributed by atoms with E-state index in [0.717, 1.165) is 5.06 Å². The molecule has 1 fully saturated rings. The van der Waals surface area contributed by atoms with Gasteiger partial charge in [-0.05, 0) is 17.7 Å². The molecular weight excluding hydrogens is 253 g/mol. The highest BCUT2D eigenvalue weighted by Gasteiger charge is 2.42. The fraction of sp³-hybridized carbons (Fsp3) is 0.200. The molecule has 0 saturated carbocycles. The van der Waals surface area contributed by atoms with E-state index in [4.69, 9.17) is 23.2 Å². The van der Waals surface area contributed by atoms with Crippen LogP contribution in [0.5, 0.6) is 0 Å². The first kappa shape index (κ1) is 11.2. The van der Waals surface area contributed by atoms with Crippen LogP contribution in [0.3, 0.4) is 0 Å². The zero-order chi connectivity index (χ0) is 11.9. The van der Waals surface area contributed by atoms with E-state index in [1.54, 1.807) is 12.1 Å².